The van der Waals surface area contributed by atoms with Crippen molar-refractivity contribution in [1.29, 1.82) is 0 Å². The van der Waals surface area contributed by atoms with E-state index < -0.39 is 10.2 Å². The summed E-state index contributed by atoms with van der Waals surface area (Å²) < 4.78 is 28.1. The third-order valence-corrected chi connectivity index (χ3v) is 4.52. The molecule has 1 rings (SSSR count). The standard InChI is InChI=1S/C12H20N2O2S/c1-4-14(5-2)17(15,16)13-11(3)12-9-7-6-8-10-12/h6-11,13H,4-5H2,1-3H3. The summed E-state index contributed by atoms with van der Waals surface area (Å²) in [5, 5.41) is 0. The highest BCUT2D eigenvalue weighted by Gasteiger charge is 2.21. The summed E-state index contributed by atoms with van der Waals surface area (Å²) in [7, 11) is -3.39. The fourth-order valence-corrected chi connectivity index (χ4v) is 3.08. The molecule has 0 aromatic heterocycles. The van der Waals surface area contributed by atoms with E-state index in [-0.39, 0.29) is 6.04 Å². The Hall–Kier alpha value is -0.910. The van der Waals surface area contributed by atoms with Gasteiger partial charge in [-0.25, -0.2) is 0 Å². The van der Waals surface area contributed by atoms with Crippen molar-refractivity contribution in [2.45, 2.75) is 26.8 Å². The lowest BCUT2D eigenvalue weighted by Crippen LogP contribution is -2.41. The van der Waals surface area contributed by atoms with Crippen molar-refractivity contribution in [3.63, 3.8) is 0 Å². The molecule has 5 heteroatoms. The van der Waals surface area contributed by atoms with E-state index in [1.54, 1.807) is 0 Å². The first-order valence-corrected chi connectivity index (χ1v) is 7.27. The summed E-state index contributed by atoms with van der Waals surface area (Å²) >= 11 is 0. The summed E-state index contributed by atoms with van der Waals surface area (Å²) in [6.45, 7) is 6.46. The Morgan fingerprint density at radius 1 is 1.18 bits per heavy atom. The quantitative estimate of drug-likeness (QED) is 0.845. The highest BCUT2D eigenvalue weighted by Crippen LogP contribution is 2.13. The molecular formula is C12H20N2O2S. The summed E-state index contributed by atoms with van der Waals surface area (Å²) in [6.07, 6.45) is 0. The largest absolute Gasteiger partial charge is 0.279 e. The Labute approximate surface area is 104 Å². The second-order valence-electron chi connectivity index (χ2n) is 3.84. The van der Waals surface area contributed by atoms with Crippen LogP contribution in [0.3, 0.4) is 0 Å². The van der Waals surface area contributed by atoms with Crippen molar-refractivity contribution >= 4 is 10.2 Å². The Bertz CT molecular complexity index is 427. The second-order valence-corrected chi connectivity index (χ2v) is 5.54. The van der Waals surface area contributed by atoms with E-state index in [0.29, 0.717) is 13.1 Å². The van der Waals surface area contributed by atoms with Crippen molar-refractivity contribution in [3.8, 4) is 0 Å². The maximum Gasteiger partial charge on any atom is 0.279 e. The van der Waals surface area contributed by atoms with Crippen molar-refractivity contribution in [1.82, 2.24) is 9.03 Å². The van der Waals surface area contributed by atoms with E-state index in [1.165, 1.54) is 4.31 Å². The van der Waals surface area contributed by atoms with Gasteiger partial charge in [0.1, 0.15) is 0 Å². The highest BCUT2D eigenvalue weighted by atomic mass is 32.2. The van der Waals surface area contributed by atoms with E-state index in [1.807, 2.05) is 51.1 Å². The van der Waals surface area contributed by atoms with Gasteiger partial charge in [0.05, 0.1) is 0 Å². The normalized spacial score (nSPS) is 13.9. The van der Waals surface area contributed by atoms with Crippen LogP contribution in [-0.2, 0) is 10.2 Å². The molecule has 0 fully saturated rings. The van der Waals surface area contributed by atoms with Crippen molar-refractivity contribution in [2.24, 2.45) is 0 Å². The van der Waals surface area contributed by atoms with Gasteiger partial charge < -0.3 is 0 Å². The number of hydrogen-bond donors (Lipinski definition) is 1. The van der Waals surface area contributed by atoms with Gasteiger partial charge in [-0.1, -0.05) is 44.2 Å². The first-order valence-electron chi connectivity index (χ1n) is 5.83. The topological polar surface area (TPSA) is 49.4 Å². The third-order valence-electron chi connectivity index (χ3n) is 2.67. The molecule has 1 unspecified atom stereocenters. The number of hydrogen-bond acceptors (Lipinski definition) is 2. The van der Waals surface area contributed by atoms with Gasteiger partial charge >= 0.3 is 0 Å². The number of rotatable bonds is 6. The molecule has 0 bridgehead atoms. The van der Waals surface area contributed by atoms with Gasteiger partial charge in [-0.3, -0.25) is 0 Å². The molecular weight excluding hydrogens is 236 g/mol. The fraction of sp³-hybridized carbons (Fsp3) is 0.500. The SMILES string of the molecule is CCN(CC)S(=O)(=O)NC(C)c1ccccc1. The summed E-state index contributed by atoms with van der Waals surface area (Å²) in [5.74, 6) is 0. The number of benzene rings is 1. The minimum atomic E-state index is -3.39. The van der Waals surface area contributed by atoms with E-state index >= 15 is 0 Å². The molecule has 1 aromatic carbocycles. The molecule has 4 nitrogen and oxygen atoms in total. The van der Waals surface area contributed by atoms with Gasteiger partial charge in [-0.05, 0) is 12.5 Å². The number of nitrogens with zero attached hydrogens (tertiary/aromatic N) is 1. The lowest BCUT2D eigenvalue weighted by molar-refractivity contribution is 0.429. The lowest BCUT2D eigenvalue weighted by atomic mass is 10.1. The van der Waals surface area contributed by atoms with E-state index in [9.17, 15) is 8.42 Å². The monoisotopic (exact) mass is 256 g/mol. The Morgan fingerprint density at radius 3 is 2.18 bits per heavy atom. The molecule has 1 aromatic rings. The predicted octanol–water partition coefficient (Wildman–Crippen LogP) is 1.92. The third kappa shape index (κ3) is 3.80. The van der Waals surface area contributed by atoms with Gasteiger partial charge in [-0.2, -0.15) is 17.4 Å². The van der Waals surface area contributed by atoms with Gasteiger partial charge in [0.2, 0.25) is 0 Å². The maximum absolute atomic E-state index is 12.0. The first-order chi connectivity index (χ1) is 8.01. The van der Waals surface area contributed by atoms with Crippen LogP contribution in [0.2, 0.25) is 0 Å². The van der Waals surface area contributed by atoms with Gasteiger partial charge in [0, 0.05) is 19.1 Å². The zero-order valence-corrected chi connectivity index (χ0v) is 11.4. The van der Waals surface area contributed by atoms with Crippen LogP contribution in [0.5, 0.6) is 0 Å². The summed E-state index contributed by atoms with van der Waals surface area (Å²) in [5.41, 5.74) is 0.961. The molecule has 1 atom stereocenters. The van der Waals surface area contributed by atoms with Crippen LogP contribution in [0.15, 0.2) is 30.3 Å². The van der Waals surface area contributed by atoms with Crippen LogP contribution in [0.25, 0.3) is 0 Å². The van der Waals surface area contributed by atoms with Crippen LogP contribution < -0.4 is 4.72 Å². The Morgan fingerprint density at radius 2 is 1.71 bits per heavy atom. The Balaban J connectivity index is 2.78. The van der Waals surface area contributed by atoms with Gasteiger partial charge in [-0.15, -0.1) is 0 Å². The van der Waals surface area contributed by atoms with Crippen LogP contribution in [0.4, 0.5) is 0 Å². The fourth-order valence-electron chi connectivity index (χ4n) is 1.67. The van der Waals surface area contributed by atoms with Crippen LogP contribution in [-0.4, -0.2) is 25.8 Å². The zero-order valence-electron chi connectivity index (χ0n) is 10.6. The molecule has 0 heterocycles. The molecule has 0 amide bonds. The maximum atomic E-state index is 12.0. The van der Waals surface area contributed by atoms with Crippen molar-refractivity contribution in [2.75, 3.05) is 13.1 Å². The molecule has 17 heavy (non-hydrogen) atoms. The molecule has 0 aliphatic rings. The average Bonchev–Trinajstić information content (AvgIpc) is 2.30. The average molecular weight is 256 g/mol. The second kappa shape index (κ2) is 6.14. The molecule has 0 radical (unpaired) electrons. The first kappa shape index (κ1) is 14.2. The molecule has 0 saturated heterocycles. The Kier molecular flexibility index (Phi) is 5.11. The molecule has 0 aliphatic carbocycles. The number of nitrogens with one attached hydrogen (secondary N) is 1. The van der Waals surface area contributed by atoms with Crippen LogP contribution >= 0.6 is 0 Å². The predicted molar refractivity (Wildman–Crippen MR) is 69.8 cm³/mol. The minimum Gasteiger partial charge on any atom is -0.195 e. The van der Waals surface area contributed by atoms with E-state index in [0.717, 1.165) is 5.56 Å². The summed E-state index contributed by atoms with van der Waals surface area (Å²) in [6, 6.07) is 9.32. The van der Waals surface area contributed by atoms with E-state index in [2.05, 4.69) is 4.72 Å². The van der Waals surface area contributed by atoms with E-state index in [4.69, 9.17) is 0 Å². The van der Waals surface area contributed by atoms with Crippen LogP contribution in [0, 0.1) is 0 Å². The van der Waals surface area contributed by atoms with Gasteiger partial charge in [0.25, 0.3) is 10.2 Å². The molecule has 1 N–H and O–H groups in total. The zero-order chi connectivity index (χ0) is 12.9. The summed E-state index contributed by atoms with van der Waals surface area (Å²) in [4.78, 5) is 0. The smallest absolute Gasteiger partial charge is 0.195 e. The highest BCUT2D eigenvalue weighted by molar-refractivity contribution is 7.87. The van der Waals surface area contributed by atoms with Crippen LogP contribution in [0.1, 0.15) is 32.4 Å². The molecule has 0 aliphatic heterocycles. The molecule has 0 saturated carbocycles. The minimum absolute atomic E-state index is 0.221. The van der Waals surface area contributed by atoms with Gasteiger partial charge in [0.15, 0.2) is 0 Å². The lowest BCUT2D eigenvalue weighted by Gasteiger charge is -2.22. The molecule has 96 valence electrons. The van der Waals surface area contributed by atoms with Crippen molar-refractivity contribution < 1.29 is 8.42 Å². The van der Waals surface area contributed by atoms with Crippen molar-refractivity contribution in [3.05, 3.63) is 35.9 Å². The molecule has 0 spiro atoms.